The molecule has 0 amide bonds. The molecule has 3 aromatic heterocycles. The minimum absolute atomic E-state index is 0.201. The Morgan fingerprint density at radius 3 is 2.77 bits per heavy atom. The van der Waals surface area contributed by atoms with Crippen LogP contribution in [0, 0.1) is 0 Å². The van der Waals surface area contributed by atoms with Crippen LogP contribution in [0.5, 0.6) is 5.88 Å². The van der Waals surface area contributed by atoms with Gasteiger partial charge in [0.1, 0.15) is 5.56 Å². The summed E-state index contributed by atoms with van der Waals surface area (Å²) < 4.78 is 12.4. The molecule has 8 heteroatoms. The molecule has 3 aromatic rings. The molecule has 0 saturated carbocycles. The van der Waals surface area contributed by atoms with Crippen LogP contribution in [0.4, 0.5) is 5.95 Å². The van der Waals surface area contributed by atoms with Gasteiger partial charge in [0, 0.05) is 18.0 Å². The second kappa shape index (κ2) is 7.81. The summed E-state index contributed by atoms with van der Waals surface area (Å²) in [6, 6.07) is 5.40. The van der Waals surface area contributed by atoms with Crippen LogP contribution < -0.4 is 10.5 Å². The lowest BCUT2D eigenvalue weighted by Gasteiger charge is -2.11. The summed E-state index contributed by atoms with van der Waals surface area (Å²) in [7, 11) is 0. The van der Waals surface area contributed by atoms with Crippen molar-refractivity contribution in [3.63, 3.8) is 0 Å². The number of aromatic nitrogens is 4. The number of nitrogen functional groups attached to an aromatic ring is 1. The molecule has 0 aliphatic carbocycles. The van der Waals surface area contributed by atoms with Crippen molar-refractivity contribution < 1.29 is 14.3 Å². The molecule has 0 saturated heterocycles. The lowest BCUT2D eigenvalue weighted by molar-refractivity contribution is 0.0499. The van der Waals surface area contributed by atoms with E-state index >= 15 is 0 Å². The molecule has 0 aliphatic rings. The maximum atomic E-state index is 12.4. The van der Waals surface area contributed by atoms with Gasteiger partial charge in [0.15, 0.2) is 5.65 Å². The quantitative estimate of drug-likeness (QED) is 0.650. The maximum Gasteiger partial charge on any atom is 0.343 e. The fourth-order valence-corrected chi connectivity index (χ4v) is 2.42. The maximum absolute atomic E-state index is 12.4. The van der Waals surface area contributed by atoms with Crippen LogP contribution in [0.25, 0.3) is 16.8 Å². The third kappa shape index (κ3) is 3.74. The highest BCUT2D eigenvalue weighted by Crippen LogP contribution is 2.26. The van der Waals surface area contributed by atoms with Crippen molar-refractivity contribution in [1.29, 1.82) is 0 Å². The molecule has 3 heterocycles. The summed E-state index contributed by atoms with van der Waals surface area (Å²) in [5.41, 5.74) is 8.13. The molecule has 0 radical (unpaired) electrons. The predicted octanol–water partition coefficient (Wildman–Crippen LogP) is 2.73. The van der Waals surface area contributed by atoms with Crippen molar-refractivity contribution >= 4 is 17.6 Å². The Morgan fingerprint density at radius 2 is 2.00 bits per heavy atom. The van der Waals surface area contributed by atoms with Crippen LogP contribution in [0.3, 0.4) is 0 Å². The number of esters is 1. The first-order valence-corrected chi connectivity index (χ1v) is 8.54. The molecular weight excluding hydrogens is 334 g/mol. The van der Waals surface area contributed by atoms with E-state index in [9.17, 15) is 4.79 Å². The molecule has 8 nitrogen and oxygen atoms in total. The van der Waals surface area contributed by atoms with Crippen LogP contribution in [-0.4, -0.2) is 38.8 Å². The van der Waals surface area contributed by atoms with Gasteiger partial charge in [0.05, 0.1) is 13.2 Å². The number of nitrogens with zero attached hydrogens (tertiary/aromatic N) is 4. The van der Waals surface area contributed by atoms with Crippen LogP contribution in [0.15, 0.2) is 30.6 Å². The Labute approximate surface area is 151 Å². The van der Waals surface area contributed by atoms with Crippen molar-refractivity contribution in [3.8, 4) is 17.0 Å². The number of carbonyl (C=O) groups is 1. The number of fused-ring (bicyclic) bond motifs is 1. The first-order chi connectivity index (χ1) is 12.6. The van der Waals surface area contributed by atoms with Crippen LogP contribution in [0.2, 0.25) is 0 Å². The second-order valence-corrected chi connectivity index (χ2v) is 5.75. The molecule has 0 spiro atoms. The predicted molar refractivity (Wildman–Crippen MR) is 97.0 cm³/mol. The Kier molecular flexibility index (Phi) is 5.31. The zero-order valence-corrected chi connectivity index (χ0v) is 14.8. The monoisotopic (exact) mass is 355 g/mol. The number of hydrogen-bond donors (Lipinski definition) is 1. The summed E-state index contributed by atoms with van der Waals surface area (Å²) >= 11 is 0. The van der Waals surface area contributed by atoms with E-state index in [1.165, 1.54) is 0 Å². The highest BCUT2D eigenvalue weighted by atomic mass is 16.5. The van der Waals surface area contributed by atoms with E-state index in [-0.39, 0.29) is 11.8 Å². The van der Waals surface area contributed by atoms with Gasteiger partial charge >= 0.3 is 5.97 Å². The molecule has 0 unspecified atom stereocenters. The molecule has 0 aromatic carbocycles. The molecule has 3 rings (SSSR count). The molecule has 2 N–H and O–H groups in total. The highest BCUT2D eigenvalue weighted by molar-refractivity contribution is 5.93. The molecule has 0 fully saturated rings. The minimum Gasteiger partial charge on any atom is -0.477 e. The van der Waals surface area contributed by atoms with E-state index in [1.807, 2.05) is 26.0 Å². The lowest BCUT2D eigenvalue weighted by Crippen LogP contribution is -2.10. The Bertz CT molecular complexity index is 922. The molecule has 136 valence electrons. The van der Waals surface area contributed by atoms with Crippen molar-refractivity contribution in [3.05, 3.63) is 36.2 Å². The molecular formula is C18H21N5O3. The number of pyridine rings is 2. The van der Waals surface area contributed by atoms with Gasteiger partial charge in [-0.05, 0) is 36.6 Å². The normalized spacial score (nSPS) is 10.8. The number of nitrogens with two attached hydrogens (primary N) is 1. The number of anilines is 1. The number of rotatable bonds is 7. The van der Waals surface area contributed by atoms with Gasteiger partial charge in [-0.3, -0.25) is 0 Å². The summed E-state index contributed by atoms with van der Waals surface area (Å²) in [5, 5.41) is 4.05. The van der Waals surface area contributed by atoms with E-state index in [4.69, 9.17) is 15.2 Å². The van der Waals surface area contributed by atoms with Gasteiger partial charge in [-0.25, -0.2) is 14.3 Å². The molecule has 0 aliphatic heterocycles. The standard InChI is InChI=1S/C18H21N5O3/c1-3-7-25-16-14(17(24)26-8-4-2)9-13(11-20-16)12-5-6-23-15(10-12)21-18(19)22-23/h5-6,9-11H,3-4,7-8H2,1-2H3,(H2,19,22). The first kappa shape index (κ1) is 17.7. The number of carbonyl (C=O) groups excluding carboxylic acids is 1. The van der Waals surface area contributed by atoms with E-state index in [0.717, 1.165) is 24.0 Å². The Morgan fingerprint density at radius 1 is 1.19 bits per heavy atom. The van der Waals surface area contributed by atoms with Crippen LogP contribution >= 0.6 is 0 Å². The second-order valence-electron chi connectivity index (χ2n) is 5.75. The van der Waals surface area contributed by atoms with Crippen molar-refractivity contribution in [2.75, 3.05) is 18.9 Å². The van der Waals surface area contributed by atoms with E-state index in [1.54, 1.807) is 23.0 Å². The van der Waals surface area contributed by atoms with Gasteiger partial charge in [-0.1, -0.05) is 13.8 Å². The topological polar surface area (TPSA) is 105 Å². The summed E-state index contributed by atoms with van der Waals surface area (Å²) in [6.45, 7) is 4.76. The minimum atomic E-state index is -0.444. The SMILES string of the molecule is CCCOC(=O)c1cc(-c2ccn3nc(N)nc3c2)cnc1OCCC. The number of ether oxygens (including phenoxy) is 2. The van der Waals surface area contributed by atoms with Gasteiger partial charge < -0.3 is 15.2 Å². The lowest BCUT2D eigenvalue weighted by atomic mass is 10.1. The summed E-state index contributed by atoms with van der Waals surface area (Å²) in [6.07, 6.45) is 4.98. The Hall–Kier alpha value is -3.16. The first-order valence-electron chi connectivity index (χ1n) is 8.54. The molecule has 26 heavy (non-hydrogen) atoms. The largest absolute Gasteiger partial charge is 0.477 e. The van der Waals surface area contributed by atoms with Crippen LogP contribution in [0.1, 0.15) is 37.0 Å². The molecule has 0 atom stereocenters. The third-order valence-electron chi connectivity index (χ3n) is 3.64. The van der Waals surface area contributed by atoms with Gasteiger partial charge in [-0.15, -0.1) is 5.10 Å². The highest BCUT2D eigenvalue weighted by Gasteiger charge is 2.17. The molecule has 0 bridgehead atoms. The van der Waals surface area contributed by atoms with Gasteiger partial charge in [0.25, 0.3) is 0 Å². The van der Waals surface area contributed by atoms with Crippen LogP contribution in [-0.2, 0) is 4.74 Å². The van der Waals surface area contributed by atoms with Crippen molar-refractivity contribution in [2.45, 2.75) is 26.7 Å². The average Bonchev–Trinajstić information content (AvgIpc) is 3.03. The zero-order chi connectivity index (χ0) is 18.5. The van der Waals surface area contributed by atoms with Crippen molar-refractivity contribution in [2.24, 2.45) is 0 Å². The van der Waals surface area contributed by atoms with Crippen molar-refractivity contribution in [1.82, 2.24) is 19.6 Å². The zero-order valence-electron chi connectivity index (χ0n) is 14.8. The number of hydrogen-bond acceptors (Lipinski definition) is 7. The summed E-state index contributed by atoms with van der Waals surface area (Å²) in [5.74, 6) is 0.0389. The van der Waals surface area contributed by atoms with E-state index in [2.05, 4.69) is 15.1 Å². The fourth-order valence-electron chi connectivity index (χ4n) is 2.42. The average molecular weight is 355 g/mol. The summed E-state index contributed by atoms with van der Waals surface area (Å²) in [4.78, 5) is 20.9. The van der Waals surface area contributed by atoms with E-state index < -0.39 is 5.97 Å². The fraction of sp³-hybridized carbons (Fsp3) is 0.333. The Balaban J connectivity index is 1.99. The van der Waals surface area contributed by atoms with E-state index in [0.29, 0.717) is 24.4 Å². The van der Waals surface area contributed by atoms with Gasteiger partial charge in [0.2, 0.25) is 11.8 Å². The smallest absolute Gasteiger partial charge is 0.343 e. The van der Waals surface area contributed by atoms with Gasteiger partial charge in [-0.2, -0.15) is 4.98 Å². The third-order valence-corrected chi connectivity index (χ3v) is 3.64.